The smallest absolute Gasteiger partial charge is 0.374 e. The number of nitrogens with one attached hydrogen (secondary N) is 4. The third-order valence-corrected chi connectivity index (χ3v) is 11.8. The van der Waals surface area contributed by atoms with E-state index < -0.39 is 17.6 Å². The first-order chi connectivity index (χ1) is 19.3. The topological polar surface area (TPSA) is 138 Å². The van der Waals surface area contributed by atoms with Crippen molar-refractivity contribution in [3.63, 3.8) is 0 Å². The van der Waals surface area contributed by atoms with Crippen LogP contribution in [0.2, 0.25) is 12.1 Å². The molecule has 40 heavy (non-hydrogen) atoms. The lowest BCUT2D eigenvalue weighted by Gasteiger charge is -2.28. The van der Waals surface area contributed by atoms with Gasteiger partial charge in [-0.1, -0.05) is 0 Å². The number of hydrogen-bond donors (Lipinski definition) is 4. The molecule has 1 aromatic rings. The minimum atomic E-state index is -2.72. The van der Waals surface area contributed by atoms with Crippen LogP contribution in [-0.4, -0.2) is 82.4 Å². The quantitative estimate of drug-likeness (QED) is 0.110. The van der Waals surface area contributed by atoms with E-state index in [9.17, 15) is 9.59 Å². The Bertz CT molecular complexity index is 734. The molecular formula is C26H50N4O8Si2. The Morgan fingerprint density at radius 1 is 0.550 bits per heavy atom. The molecule has 0 radical (unpaired) electrons. The fraction of sp³-hybridized carbons (Fsp3) is 0.692. The zero-order valence-electron chi connectivity index (χ0n) is 25.1. The molecule has 0 fully saturated rings. The number of benzene rings is 1. The van der Waals surface area contributed by atoms with Gasteiger partial charge in [-0.25, -0.2) is 9.59 Å². The van der Waals surface area contributed by atoms with Gasteiger partial charge in [-0.05, 0) is 78.6 Å². The third-order valence-electron chi connectivity index (χ3n) is 5.48. The molecule has 4 N–H and O–H groups in total. The van der Waals surface area contributed by atoms with Gasteiger partial charge in [0.1, 0.15) is 0 Å². The highest BCUT2D eigenvalue weighted by molar-refractivity contribution is 6.61. The second kappa shape index (κ2) is 20.8. The van der Waals surface area contributed by atoms with Crippen molar-refractivity contribution >= 4 is 41.0 Å². The molecule has 230 valence electrons. The Morgan fingerprint density at radius 3 is 1.07 bits per heavy atom. The monoisotopic (exact) mass is 602 g/mol. The summed E-state index contributed by atoms with van der Waals surface area (Å²) in [5.74, 6) is 0. The summed E-state index contributed by atoms with van der Waals surface area (Å²) in [6.45, 7) is 15.5. The van der Waals surface area contributed by atoms with E-state index in [1.165, 1.54) is 0 Å². The van der Waals surface area contributed by atoms with Crippen molar-refractivity contribution < 1.29 is 36.1 Å². The second-order valence-electron chi connectivity index (χ2n) is 8.51. The van der Waals surface area contributed by atoms with E-state index in [1.54, 1.807) is 24.3 Å². The SMILES string of the molecule is CCO[Si](CCCNC(=O)Nc1ccc(NC(=O)NCCC[Si](OCC)(OCC)OCC)cc1)(OCC)OCC. The Morgan fingerprint density at radius 2 is 0.825 bits per heavy atom. The standard InChI is InChI=1S/C26H50N4O8Si2/c1-7-33-39(34-8-2,35-9-3)21-13-19-27-25(31)29-23-15-17-24(18-16-23)30-26(32)28-20-14-22-40(36-10-4,37-11-5)38-12-6/h15-18H,7-14,19-22H2,1-6H3,(H2,27,29,31)(H2,28,30,32). The first-order valence-corrected chi connectivity index (χ1v) is 18.2. The van der Waals surface area contributed by atoms with Crippen LogP contribution in [-0.2, 0) is 26.6 Å². The lowest BCUT2D eigenvalue weighted by molar-refractivity contribution is 0.0701. The molecule has 14 heteroatoms. The highest BCUT2D eigenvalue weighted by atomic mass is 28.4. The summed E-state index contributed by atoms with van der Waals surface area (Å²) in [4.78, 5) is 24.6. The second-order valence-corrected chi connectivity index (χ2v) is 14.0. The maximum absolute atomic E-state index is 12.3. The fourth-order valence-electron chi connectivity index (χ4n) is 4.00. The fourth-order valence-corrected chi connectivity index (χ4v) is 9.23. The Labute approximate surface area is 241 Å². The number of rotatable bonds is 22. The third kappa shape index (κ3) is 14.0. The number of anilines is 2. The van der Waals surface area contributed by atoms with Crippen LogP contribution < -0.4 is 21.3 Å². The van der Waals surface area contributed by atoms with E-state index >= 15 is 0 Å². The summed E-state index contributed by atoms with van der Waals surface area (Å²) >= 11 is 0. The van der Waals surface area contributed by atoms with Crippen molar-refractivity contribution in [1.29, 1.82) is 0 Å². The first-order valence-electron chi connectivity index (χ1n) is 14.3. The van der Waals surface area contributed by atoms with E-state index in [4.69, 9.17) is 26.6 Å². The summed E-state index contributed by atoms with van der Waals surface area (Å²) in [5.41, 5.74) is 1.21. The first kappa shape index (κ1) is 36.0. The van der Waals surface area contributed by atoms with Gasteiger partial charge in [0, 0.05) is 76.2 Å². The van der Waals surface area contributed by atoms with Gasteiger partial charge < -0.3 is 47.8 Å². The Balaban J connectivity index is 2.42. The van der Waals surface area contributed by atoms with Gasteiger partial charge in [-0.2, -0.15) is 0 Å². The van der Waals surface area contributed by atoms with Crippen LogP contribution in [0, 0.1) is 0 Å². The number of carbonyl (C=O) groups excluding carboxylic acids is 2. The molecule has 0 aliphatic heterocycles. The van der Waals surface area contributed by atoms with Crippen molar-refractivity contribution in [2.24, 2.45) is 0 Å². The average molecular weight is 603 g/mol. The molecule has 0 bridgehead atoms. The van der Waals surface area contributed by atoms with Crippen LogP contribution in [0.5, 0.6) is 0 Å². The summed E-state index contributed by atoms with van der Waals surface area (Å²) in [5, 5.41) is 11.3. The highest BCUT2D eigenvalue weighted by Gasteiger charge is 2.40. The number of urea groups is 2. The molecule has 0 saturated carbocycles. The van der Waals surface area contributed by atoms with E-state index in [0.29, 0.717) is 89.0 Å². The van der Waals surface area contributed by atoms with Gasteiger partial charge in [0.2, 0.25) is 0 Å². The van der Waals surface area contributed by atoms with Crippen LogP contribution in [0.25, 0.3) is 0 Å². The van der Waals surface area contributed by atoms with Crippen LogP contribution in [0.15, 0.2) is 24.3 Å². The van der Waals surface area contributed by atoms with Gasteiger partial charge in [0.05, 0.1) is 0 Å². The van der Waals surface area contributed by atoms with Gasteiger partial charge in [0.15, 0.2) is 0 Å². The minimum Gasteiger partial charge on any atom is -0.374 e. The molecule has 1 rings (SSSR count). The lowest BCUT2D eigenvalue weighted by Crippen LogP contribution is -2.46. The van der Waals surface area contributed by atoms with Crippen LogP contribution in [0.3, 0.4) is 0 Å². The van der Waals surface area contributed by atoms with Crippen LogP contribution in [0.4, 0.5) is 21.0 Å². The van der Waals surface area contributed by atoms with Gasteiger partial charge >= 0.3 is 29.7 Å². The maximum Gasteiger partial charge on any atom is 0.500 e. The zero-order chi connectivity index (χ0) is 29.7. The van der Waals surface area contributed by atoms with Crippen molar-refractivity contribution in [1.82, 2.24) is 10.6 Å². The van der Waals surface area contributed by atoms with Crippen molar-refractivity contribution in [2.45, 2.75) is 66.5 Å². The van der Waals surface area contributed by atoms with E-state index in [1.807, 2.05) is 41.5 Å². The molecule has 1 aromatic carbocycles. The van der Waals surface area contributed by atoms with Crippen LogP contribution in [0.1, 0.15) is 54.4 Å². The molecule has 12 nitrogen and oxygen atoms in total. The van der Waals surface area contributed by atoms with Gasteiger partial charge in [0.25, 0.3) is 0 Å². The molecule has 0 heterocycles. The average Bonchev–Trinajstić information content (AvgIpc) is 2.91. The molecule has 0 spiro atoms. The predicted octanol–water partition coefficient (Wildman–Crippen LogP) is 4.81. The molecule has 4 amide bonds. The summed E-state index contributed by atoms with van der Waals surface area (Å²) < 4.78 is 35.0. The van der Waals surface area contributed by atoms with E-state index in [-0.39, 0.29) is 12.1 Å². The van der Waals surface area contributed by atoms with Crippen molar-refractivity contribution in [2.75, 3.05) is 63.4 Å². The highest BCUT2D eigenvalue weighted by Crippen LogP contribution is 2.19. The Kier molecular flexibility index (Phi) is 18.7. The molecular weight excluding hydrogens is 552 g/mol. The van der Waals surface area contributed by atoms with Gasteiger partial charge in [-0.15, -0.1) is 0 Å². The van der Waals surface area contributed by atoms with Crippen molar-refractivity contribution in [3.8, 4) is 0 Å². The molecule has 0 aromatic heterocycles. The van der Waals surface area contributed by atoms with Crippen molar-refractivity contribution in [3.05, 3.63) is 24.3 Å². The normalized spacial score (nSPS) is 11.8. The number of carbonyl (C=O) groups is 2. The number of amides is 4. The van der Waals surface area contributed by atoms with E-state index in [0.717, 1.165) is 0 Å². The largest absolute Gasteiger partial charge is 0.500 e. The molecule has 0 unspecified atom stereocenters. The molecule has 0 saturated heterocycles. The lowest BCUT2D eigenvalue weighted by atomic mass is 10.3. The summed E-state index contributed by atoms with van der Waals surface area (Å²) in [6, 6.07) is 7.50. The maximum atomic E-state index is 12.3. The molecule has 0 atom stereocenters. The number of hydrogen-bond acceptors (Lipinski definition) is 8. The van der Waals surface area contributed by atoms with E-state index in [2.05, 4.69) is 21.3 Å². The predicted molar refractivity (Wildman–Crippen MR) is 161 cm³/mol. The molecule has 0 aliphatic carbocycles. The summed E-state index contributed by atoms with van der Waals surface area (Å²) in [7, 11) is -5.44. The summed E-state index contributed by atoms with van der Waals surface area (Å²) in [6.07, 6.45) is 1.34. The Hall–Kier alpha value is -2.05. The molecule has 0 aliphatic rings. The minimum absolute atomic E-state index is 0.319. The van der Waals surface area contributed by atoms with Gasteiger partial charge in [-0.3, -0.25) is 0 Å². The zero-order valence-corrected chi connectivity index (χ0v) is 27.1. The van der Waals surface area contributed by atoms with Crippen LogP contribution >= 0.6 is 0 Å².